The average molecular weight is 459 g/mol. The molecule has 3 heterocycles. The number of carbonyl (C=O) groups excluding carboxylic acids is 1. The Balaban J connectivity index is 1.42. The zero-order valence-corrected chi connectivity index (χ0v) is 17.5. The molecule has 168 valence electrons. The van der Waals surface area contributed by atoms with Crippen molar-refractivity contribution in [1.82, 2.24) is 19.7 Å². The maximum absolute atomic E-state index is 13.7. The van der Waals surface area contributed by atoms with Crippen LogP contribution in [0.25, 0.3) is 27.8 Å². The van der Waals surface area contributed by atoms with Crippen LogP contribution in [0, 0.1) is 0 Å². The van der Waals surface area contributed by atoms with Crippen LogP contribution < -0.4 is 5.32 Å². The normalized spacial score (nSPS) is 11.5. The third-order valence-electron chi connectivity index (χ3n) is 5.19. The number of halogens is 3. The molecule has 3 aromatic heterocycles. The molecule has 0 aliphatic carbocycles. The lowest BCUT2D eigenvalue weighted by Crippen LogP contribution is -2.15. The van der Waals surface area contributed by atoms with E-state index in [-0.39, 0.29) is 17.1 Å². The first kappa shape index (κ1) is 21.3. The number of nitrogens with zero attached hydrogens (tertiary/aromatic N) is 4. The van der Waals surface area contributed by atoms with Crippen molar-refractivity contribution in [3.05, 3.63) is 103 Å². The second kappa shape index (κ2) is 8.43. The second-order valence-electron chi connectivity index (χ2n) is 7.49. The van der Waals surface area contributed by atoms with Crippen molar-refractivity contribution in [3.8, 4) is 17.1 Å². The van der Waals surface area contributed by atoms with Gasteiger partial charge in [-0.25, -0.2) is 9.67 Å². The molecule has 1 N–H and O–H groups in total. The summed E-state index contributed by atoms with van der Waals surface area (Å²) < 4.78 is 41.7. The summed E-state index contributed by atoms with van der Waals surface area (Å²) in [6.45, 7) is 0. The number of alkyl halides is 3. The number of amides is 1. The summed E-state index contributed by atoms with van der Waals surface area (Å²) in [5.41, 5.74) is 0.371. The number of fused-ring (bicyclic) bond motifs is 1. The van der Waals surface area contributed by atoms with Crippen molar-refractivity contribution in [2.24, 2.45) is 0 Å². The van der Waals surface area contributed by atoms with E-state index in [0.29, 0.717) is 15.9 Å². The summed E-state index contributed by atoms with van der Waals surface area (Å²) in [7, 11) is 0. The van der Waals surface area contributed by atoms with E-state index in [4.69, 9.17) is 0 Å². The van der Waals surface area contributed by atoms with E-state index in [9.17, 15) is 18.0 Å². The van der Waals surface area contributed by atoms with Crippen LogP contribution in [0.15, 0.2) is 91.4 Å². The number of hydrogen-bond acceptors (Lipinski definition) is 4. The number of pyridine rings is 2. The van der Waals surface area contributed by atoms with Gasteiger partial charge in [0.1, 0.15) is 0 Å². The summed E-state index contributed by atoms with van der Waals surface area (Å²) in [6, 6.07) is 20.2. The van der Waals surface area contributed by atoms with Gasteiger partial charge < -0.3 is 5.32 Å². The number of carbonyl (C=O) groups is 1. The highest BCUT2D eigenvalue weighted by Gasteiger charge is 2.36. The summed E-state index contributed by atoms with van der Waals surface area (Å²) in [5.74, 6) is -0.494. The smallest absolute Gasteiger partial charge is 0.322 e. The molecule has 9 heteroatoms. The van der Waals surface area contributed by atoms with Crippen LogP contribution in [-0.4, -0.2) is 25.7 Å². The van der Waals surface area contributed by atoms with E-state index < -0.39 is 17.8 Å². The molecule has 0 spiro atoms. The van der Waals surface area contributed by atoms with E-state index in [2.05, 4.69) is 20.4 Å². The molecule has 0 saturated carbocycles. The molecule has 6 nitrogen and oxygen atoms in total. The zero-order valence-electron chi connectivity index (χ0n) is 17.5. The van der Waals surface area contributed by atoms with Crippen molar-refractivity contribution in [1.29, 1.82) is 0 Å². The van der Waals surface area contributed by atoms with Gasteiger partial charge in [0.05, 0.1) is 11.3 Å². The molecule has 0 bridgehead atoms. The first-order chi connectivity index (χ1) is 16.4. The molecule has 0 aliphatic rings. The van der Waals surface area contributed by atoms with E-state index >= 15 is 0 Å². The van der Waals surface area contributed by atoms with Crippen LogP contribution >= 0.6 is 0 Å². The van der Waals surface area contributed by atoms with Gasteiger partial charge in [-0.05, 0) is 53.2 Å². The van der Waals surface area contributed by atoms with E-state index in [1.54, 1.807) is 18.2 Å². The maximum atomic E-state index is 13.7. The molecule has 0 atom stereocenters. The zero-order chi connectivity index (χ0) is 23.7. The van der Waals surface area contributed by atoms with Gasteiger partial charge in [-0.15, -0.1) is 0 Å². The Hall–Kier alpha value is -4.53. The standard InChI is InChI=1S/C25H16F3N5O/c26-25(27,28)22-13-21(18-6-3-11-29-14-18)32-33(22)23-10-8-19(15-30-23)24(34)31-20-9-7-16-4-1-2-5-17(16)12-20/h1-15H,(H,31,34). The van der Waals surface area contributed by atoms with Crippen molar-refractivity contribution in [3.63, 3.8) is 0 Å². The Morgan fingerprint density at radius 2 is 1.71 bits per heavy atom. The van der Waals surface area contributed by atoms with Gasteiger partial charge in [0.2, 0.25) is 0 Å². The van der Waals surface area contributed by atoms with Gasteiger partial charge in [-0.2, -0.15) is 18.3 Å². The fourth-order valence-electron chi connectivity index (χ4n) is 3.53. The first-order valence-corrected chi connectivity index (χ1v) is 10.2. The molecule has 1 amide bonds. The fourth-order valence-corrected chi connectivity index (χ4v) is 3.53. The average Bonchev–Trinajstić information content (AvgIpc) is 3.31. The number of rotatable bonds is 4. The van der Waals surface area contributed by atoms with Gasteiger partial charge in [-0.1, -0.05) is 30.3 Å². The van der Waals surface area contributed by atoms with Crippen molar-refractivity contribution < 1.29 is 18.0 Å². The molecule has 0 saturated heterocycles. The lowest BCUT2D eigenvalue weighted by molar-refractivity contribution is -0.142. The van der Waals surface area contributed by atoms with Crippen LogP contribution in [0.5, 0.6) is 0 Å². The molecule has 5 rings (SSSR count). The van der Waals surface area contributed by atoms with Gasteiger partial charge >= 0.3 is 6.18 Å². The quantitative estimate of drug-likeness (QED) is 0.371. The summed E-state index contributed by atoms with van der Waals surface area (Å²) in [5, 5.41) is 8.87. The third kappa shape index (κ3) is 4.23. The molecule has 34 heavy (non-hydrogen) atoms. The van der Waals surface area contributed by atoms with E-state index in [0.717, 1.165) is 16.8 Å². The number of nitrogens with one attached hydrogen (secondary N) is 1. The first-order valence-electron chi connectivity index (χ1n) is 10.2. The minimum atomic E-state index is -4.65. The number of aromatic nitrogens is 4. The van der Waals surface area contributed by atoms with Crippen LogP contribution in [0.1, 0.15) is 16.1 Å². The SMILES string of the molecule is O=C(Nc1ccc2ccccc2c1)c1ccc(-n2nc(-c3cccnc3)cc2C(F)(F)F)nc1. The monoisotopic (exact) mass is 459 g/mol. The van der Waals surface area contributed by atoms with Gasteiger partial charge in [0.15, 0.2) is 11.5 Å². The maximum Gasteiger partial charge on any atom is 0.433 e. The molecule has 0 fully saturated rings. The van der Waals surface area contributed by atoms with Crippen molar-refractivity contribution in [2.45, 2.75) is 6.18 Å². The molecular weight excluding hydrogens is 443 g/mol. The Bertz CT molecular complexity index is 1480. The fraction of sp³-hybridized carbons (Fsp3) is 0.0400. The predicted octanol–water partition coefficient (Wildman–Crippen LogP) is 5.75. The van der Waals surface area contributed by atoms with Gasteiger partial charge in [0.25, 0.3) is 5.91 Å². The highest BCUT2D eigenvalue weighted by Crippen LogP contribution is 2.33. The summed E-state index contributed by atoms with van der Waals surface area (Å²) >= 11 is 0. The summed E-state index contributed by atoms with van der Waals surface area (Å²) in [4.78, 5) is 20.6. The Kier molecular flexibility index (Phi) is 5.29. The van der Waals surface area contributed by atoms with Crippen LogP contribution in [0.3, 0.4) is 0 Å². The van der Waals surface area contributed by atoms with Crippen molar-refractivity contribution in [2.75, 3.05) is 5.32 Å². The van der Waals surface area contributed by atoms with Crippen LogP contribution in [0.2, 0.25) is 0 Å². The Labute approximate surface area is 191 Å². The molecule has 2 aromatic carbocycles. The van der Waals surface area contributed by atoms with E-state index in [1.165, 1.54) is 30.7 Å². The third-order valence-corrected chi connectivity index (χ3v) is 5.19. The highest BCUT2D eigenvalue weighted by molar-refractivity contribution is 6.05. The lowest BCUT2D eigenvalue weighted by Gasteiger charge is -2.10. The number of benzene rings is 2. The minimum absolute atomic E-state index is 0.0651. The number of hydrogen-bond donors (Lipinski definition) is 1. The van der Waals surface area contributed by atoms with Crippen LogP contribution in [0.4, 0.5) is 18.9 Å². The molecule has 0 radical (unpaired) electrons. The lowest BCUT2D eigenvalue weighted by atomic mass is 10.1. The van der Waals surface area contributed by atoms with Crippen LogP contribution in [-0.2, 0) is 6.18 Å². The highest BCUT2D eigenvalue weighted by atomic mass is 19.4. The largest absolute Gasteiger partial charge is 0.433 e. The van der Waals surface area contributed by atoms with Gasteiger partial charge in [0, 0.05) is 29.8 Å². The topological polar surface area (TPSA) is 72.7 Å². The van der Waals surface area contributed by atoms with Crippen molar-refractivity contribution >= 4 is 22.4 Å². The minimum Gasteiger partial charge on any atom is -0.322 e. The van der Waals surface area contributed by atoms with Gasteiger partial charge in [-0.3, -0.25) is 9.78 Å². The molecule has 0 aliphatic heterocycles. The Morgan fingerprint density at radius 1 is 0.882 bits per heavy atom. The molecular formula is C25H16F3N5O. The predicted molar refractivity (Wildman–Crippen MR) is 121 cm³/mol. The molecule has 0 unspecified atom stereocenters. The molecule has 5 aromatic rings. The van der Waals surface area contributed by atoms with E-state index in [1.807, 2.05) is 36.4 Å². The number of anilines is 1. The Morgan fingerprint density at radius 3 is 2.41 bits per heavy atom. The summed E-state index contributed by atoms with van der Waals surface area (Å²) in [6.07, 6.45) is -0.479. The second-order valence-corrected chi connectivity index (χ2v) is 7.49.